The fourth-order valence-electron chi connectivity index (χ4n) is 3.41. The van der Waals surface area contributed by atoms with Crippen molar-refractivity contribution in [1.29, 1.82) is 0 Å². The molecule has 4 heteroatoms. The number of carbonyl (C=O) groups is 1. The SMILES string of the molecule is O=C(c1ccc(OCC2CC2)cc1)N1CCC(COc2ccccc2)CC1. The van der Waals surface area contributed by atoms with Crippen LogP contribution in [0.2, 0.25) is 0 Å². The Balaban J connectivity index is 1.23. The maximum absolute atomic E-state index is 12.7. The summed E-state index contributed by atoms with van der Waals surface area (Å²) in [6.45, 7) is 3.11. The Kier molecular flexibility index (Phi) is 5.61. The normalized spacial score (nSPS) is 17.6. The highest BCUT2D eigenvalue weighted by molar-refractivity contribution is 5.94. The summed E-state index contributed by atoms with van der Waals surface area (Å²) in [5.41, 5.74) is 0.743. The highest BCUT2D eigenvalue weighted by Gasteiger charge is 2.24. The van der Waals surface area contributed by atoms with Crippen LogP contribution in [0.4, 0.5) is 0 Å². The second kappa shape index (κ2) is 8.47. The zero-order valence-corrected chi connectivity index (χ0v) is 15.7. The Morgan fingerprint density at radius 3 is 1.93 bits per heavy atom. The highest BCUT2D eigenvalue weighted by atomic mass is 16.5. The van der Waals surface area contributed by atoms with Gasteiger partial charge in [-0.3, -0.25) is 4.79 Å². The van der Waals surface area contributed by atoms with E-state index in [1.807, 2.05) is 59.5 Å². The molecule has 0 bridgehead atoms. The maximum atomic E-state index is 12.7. The zero-order chi connectivity index (χ0) is 18.5. The van der Waals surface area contributed by atoms with Crippen molar-refractivity contribution in [3.05, 3.63) is 60.2 Å². The van der Waals surface area contributed by atoms with Crippen LogP contribution in [0.15, 0.2) is 54.6 Å². The monoisotopic (exact) mass is 365 g/mol. The number of hydrogen-bond donors (Lipinski definition) is 0. The van der Waals surface area contributed by atoms with Crippen molar-refractivity contribution in [2.75, 3.05) is 26.3 Å². The molecule has 1 heterocycles. The Labute approximate surface area is 161 Å². The van der Waals surface area contributed by atoms with Gasteiger partial charge >= 0.3 is 0 Å². The van der Waals surface area contributed by atoms with E-state index in [0.717, 1.165) is 62.1 Å². The third kappa shape index (κ3) is 5.03. The molecule has 1 aliphatic heterocycles. The second-order valence-electron chi connectivity index (χ2n) is 7.64. The van der Waals surface area contributed by atoms with Crippen molar-refractivity contribution >= 4 is 5.91 Å². The van der Waals surface area contributed by atoms with Crippen molar-refractivity contribution in [2.24, 2.45) is 11.8 Å². The molecule has 0 radical (unpaired) electrons. The van der Waals surface area contributed by atoms with E-state index in [2.05, 4.69) is 0 Å². The molecule has 0 unspecified atom stereocenters. The Bertz CT molecular complexity index is 732. The van der Waals surface area contributed by atoms with Crippen LogP contribution in [0.1, 0.15) is 36.0 Å². The van der Waals surface area contributed by atoms with Gasteiger partial charge in [0.15, 0.2) is 0 Å². The summed E-state index contributed by atoms with van der Waals surface area (Å²) in [6.07, 6.45) is 4.54. The smallest absolute Gasteiger partial charge is 0.253 e. The molecule has 0 atom stereocenters. The summed E-state index contributed by atoms with van der Waals surface area (Å²) in [4.78, 5) is 14.7. The molecule has 0 aromatic heterocycles. The molecule has 2 fully saturated rings. The van der Waals surface area contributed by atoms with Crippen LogP contribution < -0.4 is 9.47 Å². The molecule has 27 heavy (non-hydrogen) atoms. The first-order chi connectivity index (χ1) is 13.3. The molecule has 1 amide bonds. The minimum Gasteiger partial charge on any atom is -0.493 e. The topological polar surface area (TPSA) is 38.8 Å². The number of carbonyl (C=O) groups excluding carboxylic acids is 1. The third-order valence-corrected chi connectivity index (χ3v) is 5.41. The first-order valence-corrected chi connectivity index (χ1v) is 9.98. The molecule has 2 aromatic carbocycles. The van der Waals surface area contributed by atoms with Gasteiger partial charge in [-0.1, -0.05) is 18.2 Å². The lowest BCUT2D eigenvalue weighted by atomic mass is 9.97. The van der Waals surface area contributed by atoms with E-state index >= 15 is 0 Å². The molecule has 4 rings (SSSR count). The summed E-state index contributed by atoms with van der Waals surface area (Å²) >= 11 is 0. The van der Waals surface area contributed by atoms with Gasteiger partial charge < -0.3 is 14.4 Å². The molecule has 0 N–H and O–H groups in total. The van der Waals surface area contributed by atoms with E-state index in [0.29, 0.717) is 5.92 Å². The first kappa shape index (κ1) is 17.9. The standard InChI is InChI=1S/C23H27NO3/c25-23(20-8-10-22(11-9-20)27-16-18-6-7-18)24-14-12-19(13-15-24)17-26-21-4-2-1-3-5-21/h1-5,8-11,18-19H,6-7,12-17H2. The predicted octanol–water partition coefficient (Wildman–Crippen LogP) is 4.41. The van der Waals surface area contributed by atoms with Crippen molar-refractivity contribution in [3.8, 4) is 11.5 Å². The highest BCUT2D eigenvalue weighted by Crippen LogP contribution is 2.29. The van der Waals surface area contributed by atoms with Crippen molar-refractivity contribution in [3.63, 3.8) is 0 Å². The van der Waals surface area contributed by atoms with Crippen LogP contribution in [0.25, 0.3) is 0 Å². The number of likely N-dealkylation sites (tertiary alicyclic amines) is 1. The number of hydrogen-bond acceptors (Lipinski definition) is 3. The second-order valence-corrected chi connectivity index (χ2v) is 7.64. The van der Waals surface area contributed by atoms with E-state index in [-0.39, 0.29) is 5.91 Å². The summed E-state index contributed by atoms with van der Waals surface area (Å²) in [6, 6.07) is 17.5. The number of ether oxygens (including phenoxy) is 2. The zero-order valence-electron chi connectivity index (χ0n) is 15.7. The van der Waals surface area contributed by atoms with Crippen LogP contribution in [-0.4, -0.2) is 37.1 Å². The maximum Gasteiger partial charge on any atom is 0.253 e. The summed E-state index contributed by atoms with van der Waals surface area (Å²) < 4.78 is 11.6. The van der Waals surface area contributed by atoms with Gasteiger partial charge in [-0.2, -0.15) is 0 Å². The number of amides is 1. The van der Waals surface area contributed by atoms with Gasteiger partial charge in [-0.15, -0.1) is 0 Å². The van der Waals surface area contributed by atoms with Gasteiger partial charge in [0.1, 0.15) is 11.5 Å². The number of piperidine rings is 1. The number of para-hydroxylation sites is 1. The average molecular weight is 365 g/mol. The van der Waals surface area contributed by atoms with Crippen molar-refractivity contribution < 1.29 is 14.3 Å². The van der Waals surface area contributed by atoms with Gasteiger partial charge in [-0.25, -0.2) is 0 Å². The van der Waals surface area contributed by atoms with Gasteiger partial charge in [-0.05, 0) is 73.9 Å². The van der Waals surface area contributed by atoms with E-state index in [1.165, 1.54) is 12.8 Å². The quantitative estimate of drug-likeness (QED) is 0.730. The van der Waals surface area contributed by atoms with Crippen molar-refractivity contribution in [2.45, 2.75) is 25.7 Å². The number of benzene rings is 2. The van der Waals surface area contributed by atoms with E-state index in [1.54, 1.807) is 0 Å². The van der Waals surface area contributed by atoms with Crippen LogP contribution >= 0.6 is 0 Å². The molecule has 1 saturated carbocycles. The summed E-state index contributed by atoms with van der Waals surface area (Å²) in [7, 11) is 0. The van der Waals surface area contributed by atoms with Crippen LogP contribution in [0.3, 0.4) is 0 Å². The Morgan fingerprint density at radius 1 is 0.778 bits per heavy atom. The molecule has 2 aromatic rings. The molecule has 0 spiro atoms. The van der Waals surface area contributed by atoms with Crippen LogP contribution in [0, 0.1) is 11.8 Å². The minimum absolute atomic E-state index is 0.117. The lowest BCUT2D eigenvalue weighted by molar-refractivity contribution is 0.0661. The fourth-order valence-corrected chi connectivity index (χ4v) is 3.41. The third-order valence-electron chi connectivity index (χ3n) is 5.41. The Hall–Kier alpha value is -2.49. The number of rotatable bonds is 7. The van der Waals surface area contributed by atoms with E-state index < -0.39 is 0 Å². The van der Waals surface area contributed by atoms with Gasteiger partial charge in [0.05, 0.1) is 13.2 Å². The summed E-state index contributed by atoms with van der Waals surface area (Å²) in [5, 5.41) is 0. The van der Waals surface area contributed by atoms with Crippen LogP contribution in [0.5, 0.6) is 11.5 Å². The van der Waals surface area contributed by atoms with Gasteiger partial charge in [0.2, 0.25) is 0 Å². The largest absolute Gasteiger partial charge is 0.493 e. The molecular weight excluding hydrogens is 338 g/mol. The minimum atomic E-state index is 0.117. The lowest BCUT2D eigenvalue weighted by Crippen LogP contribution is -2.39. The predicted molar refractivity (Wildman–Crippen MR) is 105 cm³/mol. The first-order valence-electron chi connectivity index (χ1n) is 9.98. The fraction of sp³-hybridized carbons (Fsp3) is 0.435. The van der Waals surface area contributed by atoms with E-state index in [4.69, 9.17) is 9.47 Å². The van der Waals surface area contributed by atoms with Gasteiger partial charge in [0, 0.05) is 18.7 Å². The molecule has 1 aliphatic carbocycles. The number of nitrogens with zero attached hydrogens (tertiary/aromatic N) is 1. The average Bonchev–Trinajstić information content (AvgIpc) is 3.56. The van der Waals surface area contributed by atoms with Crippen molar-refractivity contribution in [1.82, 2.24) is 4.90 Å². The van der Waals surface area contributed by atoms with Gasteiger partial charge in [0.25, 0.3) is 5.91 Å². The Morgan fingerprint density at radius 2 is 1.33 bits per heavy atom. The van der Waals surface area contributed by atoms with Crippen LogP contribution in [-0.2, 0) is 0 Å². The molecule has 1 saturated heterocycles. The molecule has 4 nitrogen and oxygen atoms in total. The lowest BCUT2D eigenvalue weighted by Gasteiger charge is -2.32. The molecule has 2 aliphatic rings. The molecular formula is C23H27NO3. The molecule has 142 valence electrons. The summed E-state index contributed by atoms with van der Waals surface area (Å²) in [5.74, 6) is 3.13. The van der Waals surface area contributed by atoms with E-state index in [9.17, 15) is 4.79 Å².